The van der Waals surface area contributed by atoms with Crippen molar-refractivity contribution in [2.45, 2.75) is 277 Å². The molecule has 4 heterocycles. The number of primary amides is 1. The van der Waals surface area contributed by atoms with Crippen molar-refractivity contribution in [2.24, 2.45) is 59.4 Å². The molecule has 6 rings (SSSR count). The van der Waals surface area contributed by atoms with Gasteiger partial charge in [0.1, 0.15) is 17.4 Å². The molecule has 0 fully saturated rings. The van der Waals surface area contributed by atoms with Crippen LogP contribution in [0, 0.1) is 44.5 Å². The van der Waals surface area contributed by atoms with Gasteiger partial charge in [-0.2, -0.15) is 13.9 Å². The number of amides is 5. The zero-order valence-electron chi connectivity index (χ0n) is 74.5. The Morgan fingerprint density at radius 1 is 0.613 bits per heavy atom. The minimum absolute atomic E-state index is 0.00919. The van der Waals surface area contributed by atoms with E-state index in [4.69, 9.17) is 37.7 Å². The number of halogens is 2. The van der Waals surface area contributed by atoms with E-state index in [2.05, 4.69) is 158 Å². The minimum atomic E-state index is -1.60. The van der Waals surface area contributed by atoms with Crippen LogP contribution in [0.1, 0.15) is 275 Å². The fourth-order valence-electron chi connectivity index (χ4n) is 6.76. The molecule has 5 amide bonds. The molecule has 0 atom stereocenters. The third-order valence-electron chi connectivity index (χ3n) is 13.3. The summed E-state index contributed by atoms with van der Waals surface area (Å²) in [5, 5.41) is 25.6. The number of aromatic nitrogens is 2. The normalized spacial score (nSPS) is 12.1. The number of H-pyrrole nitrogens is 2. The molecule has 27 heteroatoms. The first-order valence-electron chi connectivity index (χ1n) is 36.2. The Morgan fingerprint density at radius 3 is 1.23 bits per heavy atom. The van der Waals surface area contributed by atoms with Crippen LogP contribution in [0.2, 0.25) is 0 Å². The van der Waals surface area contributed by atoms with Gasteiger partial charge in [0, 0.05) is 84.9 Å². The summed E-state index contributed by atoms with van der Waals surface area (Å²) in [4.78, 5) is 107. The van der Waals surface area contributed by atoms with E-state index in [1.165, 1.54) is 53.9 Å². The zero-order chi connectivity index (χ0) is 89.4. The van der Waals surface area contributed by atoms with Gasteiger partial charge in [-0.1, -0.05) is 250 Å². The van der Waals surface area contributed by atoms with Crippen LogP contribution in [0.15, 0.2) is 96.9 Å². The van der Waals surface area contributed by atoms with Crippen LogP contribution in [0.3, 0.4) is 0 Å². The maximum atomic E-state index is 11.4. The molecular formula is C84H143F2N11O13S. The maximum absolute atomic E-state index is 11.4. The summed E-state index contributed by atoms with van der Waals surface area (Å²) in [5.41, 5.74) is 18.0. The van der Waals surface area contributed by atoms with Crippen LogP contribution in [0.4, 0.5) is 20.2 Å². The molecule has 24 nitrogen and oxygen atoms in total. The number of aliphatic imine (C=N–C) groups is 2. The number of hydroxylamine groups is 1. The van der Waals surface area contributed by atoms with Crippen molar-refractivity contribution < 1.29 is 61.9 Å². The van der Waals surface area contributed by atoms with Gasteiger partial charge in [0.05, 0.1) is 23.9 Å². The number of ether oxygens (including phenoxy) is 1. The first-order valence-corrected chi connectivity index (χ1v) is 37.1. The maximum Gasteiger partial charge on any atom is 0.310 e. The molecule has 0 radical (unpaired) electrons. The summed E-state index contributed by atoms with van der Waals surface area (Å²) >= 11 is 1.42. The van der Waals surface area contributed by atoms with Gasteiger partial charge in [-0.15, -0.1) is 0 Å². The number of fused-ring (bicyclic) bond motifs is 2. The van der Waals surface area contributed by atoms with E-state index < -0.39 is 22.9 Å². The Kier molecular flexibility index (Phi) is 50.4. The summed E-state index contributed by atoms with van der Waals surface area (Å²) in [6, 6.07) is 15.9. The van der Waals surface area contributed by atoms with E-state index >= 15 is 0 Å². The van der Waals surface area contributed by atoms with E-state index in [0.717, 1.165) is 53.8 Å². The molecule has 0 bridgehead atoms. The number of hydrogen-bond acceptors (Lipinski definition) is 16. The number of aromatic amines is 2. The van der Waals surface area contributed by atoms with E-state index in [0.29, 0.717) is 12.3 Å². The zero-order valence-corrected chi connectivity index (χ0v) is 75.3. The standard InChI is InChI=1S/C14H18N2O.C12H16N2.C8H15NO.C7H11NO2.C7H11NOS.C6H10F2.C6H13NO.C6H11N.C6H12O2.C5H11NO2.C5H11NO.C2H4O2/c1-9(17)15-13-8-10-7-11(14(2,3)4)5-6-12(10)16-13;1-12(2,3)9-4-5-10-8(6-9)7-11(13)14-10;1-8(2,3)6-5-7(10)9-4;2*1-7(2,3)5-4-6(9)8-10-5;1-6(2,3)4-5(7)8;1-6(2,3)5(8)7-4;1-6(2,3)5-7-4;1-6(2,3)5(7)8-4;1-5(2,3)4(7)6-8;1-5(2,3)4(6)7;1-2(3)4/h5-7H,8H2,1-4H3,(H,15,16,17);4-6H,7H2,1-3H3,(H2,13,14);5-6H,1-4H3,(H,9,10);2*4H,1-3H3,(H,8,9);4H,1-3H3;1-4H3,(H,7,8);5H2,1-3H3;1-4H3;8H,1-3H3,(H,6,7);1-3H3,(H2,6,7);1H3,(H,3,4)/b;;6-5+;;;;;;;;;. The Labute approximate surface area is 667 Å². The number of methoxy groups -OCH3 is 1. The van der Waals surface area contributed by atoms with Gasteiger partial charge in [0.25, 0.3) is 23.2 Å². The van der Waals surface area contributed by atoms with Gasteiger partial charge in [-0.3, -0.25) is 52.7 Å². The monoisotopic (exact) mass is 1580 g/mol. The second-order valence-electron chi connectivity index (χ2n) is 37.4. The van der Waals surface area contributed by atoms with Gasteiger partial charge in [-0.05, 0) is 94.4 Å². The highest BCUT2D eigenvalue weighted by Gasteiger charge is 2.25. The number of carboxylic acid groups (broad SMARTS) is 1. The van der Waals surface area contributed by atoms with Crippen molar-refractivity contribution in [1.82, 2.24) is 31.0 Å². The molecule has 12 N–H and O–H groups in total. The number of likely N-dealkylation sites (N-methyl/N-ethyl adjacent to an activating group) is 1. The number of carbonyl (C=O) groups is 7. The highest BCUT2D eigenvalue weighted by Crippen LogP contribution is 2.33. The molecule has 0 unspecified atom stereocenters. The summed E-state index contributed by atoms with van der Waals surface area (Å²) < 4.78 is 34.8. The van der Waals surface area contributed by atoms with Gasteiger partial charge in [0.15, 0.2) is 0 Å². The molecule has 2 aromatic heterocycles. The molecule has 632 valence electrons. The van der Waals surface area contributed by atoms with Gasteiger partial charge < -0.3 is 46.6 Å². The molecular weight excluding hydrogens is 1440 g/mol. The number of hydrogen-bond donors (Lipinski definition) is 10. The Balaban J connectivity index is -0.000000275. The van der Waals surface area contributed by atoms with Crippen LogP contribution in [0.5, 0.6) is 0 Å². The molecule has 4 aromatic rings. The minimum Gasteiger partial charge on any atom is -0.481 e. The predicted molar refractivity (Wildman–Crippen MR) is 451 cm³/mol. The van der Waals surface area contributed by atoms with Crippen LogP contribution >= 0.6 is 11.5 Å². The molecule has 0 aliphatic carbocycles. The third-order valence-corrected chi connectivity index (χ3v) is 14.5. The quantitative estimate of drug-likeness (QED) is 0.0278. The van der Waals surface area contributed by atoms with E-state index in [-0.39, 0.29) is 95.4 Å². The van der Waals surface area contributed by atoms with Crippen molar-refractivity contribution in [3.05, 3.63) is 138 Å². The lowest BCUT2D eigenvalue weighted by Gasteiger charge is -2.19. The van der Waals surface area contributed by atoms with Crippen molar-refractivity contribution >= 4 is 76.1 Å². The van der Waals surface area contributed by atoms with E-state index in [1.54, 1.807) is 94.0 Å². The van der Waals surface area contributed by atoms with E-state index in [1.807, 2.05) is 95.2 Å². The average molecular weight is 1590 g/mol. The average Bonchev–Trinajstić information content (AvgIpc) is 1.70. The number of allylic oxidation sites excluding steroid dienone is 2. The molecule has 0 saturated heterocycles. The number of nitrogens with two attached hydrogens (primary N) is 2. The first-order chi connectivity index (χ1) is 49.4. The number of carboxylic acids is 1. The lowest BCUT2D eigenvalue weighted by atomic mass is 9.86. The van der Waals surface area contributed by atoms with Gasteiger partial charge in [-0.25, -0.2) is 22.0 Å². The Morgan fingerprint density at radius 2 is 1.04 bits per heavy atom. The fourth-order valence-corrected chi connectivity index (χ4v) is 7.51. The topological polar surface area (TPSA) is 377 Å². The van der Waals surface area contributed by atoms with Crippen LogP contribution < -0.4 is 44.0 Å². The first kappa shape index (κ1) is 113. The van der Waals surface area contributed by atoms with Crippen molar-refractivity contribution in [1.29, 1.82) is 0 Å². The van der Waals surface area contributed by atoms with Crippen molar-refractivity contribution in [2.75, 3.05) is 27.7 Å². The number of esters is 1. The Hall–Kier alpha value is -8.90. The molecule has 0 saturated carbocycles. The number of amidine groups is 2. The number of benzene rings is 2. The van der Waals surface area contributed by atoms with Gasteiger partial charge >= 0.3 is 5.97 Å². The number of nitrogens with one attached hydrogen (secondary N) is 6. The summed E-state index contributed by atoms with van der Waals surface area (Å²) in [6.45, 7) is 74.3. The largest absolute Gasteiger partial charge is 0.481 e. The second-order valence-corrected chi connectivity index (χ2v) is 38.3. The molecule has 0 spiro atoms. The Bertz CT molecular complexity index is 3680. The summed E-state index contributed by atoms with van der Waals surface area (Å²) in [7, 11) is 4.66. The summed E-state index contributed by atoms with van der Waals surface area (Å²) in [6.07, 6.45) is 4.30. The third kappa shape index (κ3) is 62.4. The summed E-state index contributed by atoms with van der Waals surface area (Å²) in [5.74, 6) is 0.518. The van der Waals surface area contributed by atoms with Gasteiger partial charge in [0.2, 0.25) is 36.1 Å². The molecule has 2 aliphatic rings. The van der Waals surface area contributed by atoms with Crippen molar-refractivity contribution in [3.8, 4) is 0 Å². The molecule has 2 aromatic carbocycles. The highest BCUT2D eigenvalue weighted by molar-refractivity contribution is 7.05. The second kappa shape index (κ2) is 49.5. The van der Waals surface area contributed by atoms with Crippen LogP contribution in [0.25, 0.3) is 4.85 Å². The molecule has 2 aliphatic heterocycles. The van der Waals surface area contributed by atoms with Crippen LogP contribution in [-0.4, -0.2) is 101 Å². The SMILES string of the molecule is CC(=O)NC1=Nc2ccc(C(C)(C)C)cc2C1.CC(=O)O.CC(C)(C)C(=O)NO.CC(C)(C)C(N)=O.CC(C)(C)C=C(F)F.CC(C)(C)c1cc(=O)[nH]o1.CC(C)(C)c1cc(=O)[nH]s1.CC(C)(C)c1ccc2c(c1)CC(N)=N2.CNC(=O)/C=C/C(C)(C)C.CNC(=O)C(C)(C)C.COC(=O)C(C)(C)C.[C-]#[N+]CC(C)(C)C. The highest BCUT2D eigenvalue weighted by atomic mass is 32.1. The van der Waals surface area contributed by atoms with Crippen molar-refractivity contribution in [3.63, 3.8) is 0 Å². The number of carbonyl (C=O) groups excluding carboxylic acids is 6. The predicted octanol–water partition coefficient (Wildman–Crippen LogP) is 17.5. The number of nitrogens with zero attached hydrogens (tertiary/aromatic N) is 3. The number of rotatable bonds is 1. The lowest BCUT2D eigenvalue weighted by molar-refractivity contribution is -0.149. The van der Waals surface area contributed by atoms with E-state index in [9.17, 15) is 47.1 Å². The number of aliphatic carboxylic acids is 1. The molecule has 111 heavy (non-hydrogen) atoms. The lowest BCUT2D eigenvalue weighted by Crippen LogP contribution is -2.32. The van der Waals surface area contributed by atoms with Crippen LogP contribution in [-0.2, 0) is 72.8 Å². The smallest absolute Gasteiger partial charge is 0.310 e. The fraction of sp³-hybridized carbons (Fsp3) is 0.619.